The molecule has 0 unspecified atom stereocenters. The van der Waals surface area contributed by atoms with Crippen LogP contribution in [-0.4, -0.2) is 58.6 Å². The monoisotopic (exact) mass is 506 g/mol. The number of hydrogen-bond donors (Lipinski definition) is 2. The number of rotatable bonds is 7. The Morgan fingerprint density at radius 1 is 1.31 bits per heavy atom. The topological polar surface area (TPSA) is 105 Å². The number of benzene rings is 1. The highest BCUT2D eigenvalue weighted by Gasteiger charge is 2.37. The Hall–Kier alpha value is -2.58. The first kappa shape index (κ1) is 28.7. The number of halogens is 1. The Balaban J connectivity index is 2.26. The van der Waals surface area contributed by atoms with Crippen LogP contribution in [0, 0.1) is 5.41 Å². The van der Waals surface area contributed by atoms with Crippen LogP contribution in [0.3, 0.4) is 0 Å². The van der Waals surface area contributed by atoms with E-state index in [1.165, 1.54) is 11.9 Å². The summed E-state index contributed by atoms with van der Waals surface area (Å²) >= 11 is 6.17. The second kappa shape index (κ2) is 11.9. The molecule has 8 nitrogen and oxygen atoms in total. The minimum atomic E-state index is -0.740. The van der Waals surface area contributed by atoms with Gasteiger partial charge in [0.2, 0.25) is 0 Å². The maximum atomic E-state index is 13.5. The molecular formula is C26H39ClN4O4. The van der Waals surface area contributed by atoms with Gasteiger partial charge in [-0.25, -0.2) is 9.80 Å². The van der Waals surface area contributed by atoms with Gasteiger partial charge in [0.05, 0.1) is 17.6 Å². The standard InChI is InChI=1S/C26H39ClN4O4/c1-18(28)23(33)29-31(25(3,4)5)24(34)30-14-8-11-22(30)12-13-26(6,17-35-19(2)32)16-20-9-7-10-21(27)15-20/h7,9-10,12-13,15,18,22H,8,11,14,16-17,28H2,1-6H3,(H,29,33)/t18-,22-,26-/m0/s1. The maximum Gasteiger partial charge on any atom is 0.339 e. The molecule has 1 aromatic rings. The van der Waals surface area contributed by atoms with Crippen LogP contribution >= 0.6 is 11.6 Å². The third-order valence-corrected chi connectivity index (χ3v) is 6.10. The lowest BCUT2D eigenvalue weighted by Gasteiger charge is -2.39. The lowest BCUT2D eigenvalue weighted by atomic mass is 9.83. The maximum absolute atomic E-state index is 13.5. The summed E-state index contributed by atoms with van der Waals surface area (Å²) in [5, 5.41) is 2.00. The van der Waals surface area contributed by atoms with Crippen LogP contribution in [0.1, 0.15) is 59.9 Å². The van der Waals surface area contributed by atoms with Crippen molar-refractivity contribution in [1.82, 2.24) is 15.3 Å². The highest BCUT2D eigenvalue weighted by Crippen LogP contribution is 2.29. The quantitative estimate of drug-likeness (QED) is 0.329. The number of likely N-dealkylation sites (tertiary alicyclic amines) is 1. The predicted molar refractivity (Wildman–Crippen MR) is 138 cm³/mol. The number of nitrogens with two attached hydrogens (primary N) is 1. The van der Waals surface area contributed by atoms with E-state index in [4.69, 9.17) is 22.1 Å². The SMILES string of the molecule is CC(=O)OC[C@@](C)(C=C[C@@H]1CCCN1C(=O)N(NC(=O)[C@H](C)N)C(C)(C)C)Cc1cccc(Cl)c1. The van der Waals surface area contributed by atoms with Crippen LogP contribution in [0.2, 0.25) is 5.02 Å². The van der Waals surface area contributed by atoms with Crippen LogP contribution in [-0.2, 0) is 20.7 Å². The molecule has 0 aromatic heterocycles. The van der Waals surface area contributed by atoms with Gasteiger partial charge in [0.15, 0.2) is 0 Å². The number of esters is 1. The molecule has 1 saturated heterocycles. The predicted octanol–water partition coefficient (Wildman–Crippen LogP) is 4.07. The van der Waals surface area contributed by atoms with Gasteiger partial charge < -0.3 is 15.4 Å². The number of nitrogens with zero attached hydrogens (tertiary/aromatic N) is 2. The van der Waals surface area contributed by atoms with E-state index in [1.54, 1.807) is 11.8 Å². The summed E-state index contributed by atoms with van der Waals surface area (Å²) in [6.45, 7) is 11.3. The highest BCUT2D eigenvalue weighted by molar-refractivity contribution is 6.30. The van der Waals surface area contributed by atoms with Crippen molar-refractivity contribution >= 4 is 29.5 Å². The van der Waals surface area contributed by atoms with Gasteiger partial charge >= 0.3 is 12.0 Å². The fourth-order valence-electron chi connectivity index (χ4n) is 3.95. The molecule has 3 atom stereocenters. The third-order valence-electron chi connectivity index (χ3n) is 5.87. The first-order chi connectivity index (χ1) is 16.2. The van der Waals surface area contributed by atoms with Crippen LogP contribution < -0.4 is 11.2 Å². The van der Waals surface area contributed by atoms with Crippen LogP contribution in [0.25, 0.3) is 0 Å². The van der Waals surface area contributed by atoms with Crippen molar-refractivity contribution in [1.29, 1.82) is 0 Å². The van der Waals surface area contributed by atoms with E-state index >= 15 is 0 Å². The molecule has 1 aliphatic rings. The number of urea groups is 1. The van der Waals surface area contributed by atoms with Gasteiger partial charge in [0.1, 0.15) is 6.61 Å². The van der Waals surface area contributed by atoms with Crippen molar-refractivity contribution in [3.8, 4) is 0 Å². The highest BCUT2D eigenvalue weighted by atomic mass is 35.5. The Labute approximate surface area is 213 Å². The Morgan fingerprint density at radius 2 is 2.00 bits per heavy atom. The molecule has 35 heavy (non-hydrogen) atoms. The fourth-order valence-corrected chi connectivity index (χ4v) is 4.17. The summed E-state index contributed by atoms with van der Waals surface area (Å²) in [5.41, 5.74) is 8.27. The van der Waals surface area contributed by atoms with E-state index in [0.29, 0.717) is 18.0 Å². The lowest BCUT2D eigenvalue weighted by Crippen LogP contribution is -2.62. The molecule has 0 aliphatic carbocycles. The summed E-state index contributed by atoms with van der Waals surface area (Å²) in [4.78, 5) is 39.1. The Kier molecular flexibility index (Phi) is 9.75. The van der Waals surface area contributed by atoms with Gasteiger partial charge in [-0.2, -0.15) is 0 Å². The Morgan fingerprint density at radius 3 is 2.57 bits per heavy atom. The number of hydrazine groups is 1. The van der Waals surface area contributed by atoms with Gasteiger partial charge in [-0.05, 0) is 64.7 Å². The molecule has 194 valence electrons. The first-order valence-corrected chi connectivity index (χ1v) is 12.3. The fraction of sp³-hybridized carbons (Fsp3) is 0.577. The summed E-state index contributed by atoms with van der Waals surface area (Å²) in [7, 11) is 0. The first-order valence-electron chi connectivity index (χ1n) is 12.0. The summed E-state index contributed by atoms with van der Waals surface area (Å²) in [5.74, 6) is -0.769. The average Bonchev–Trinajstić information content (AvgIpc) is 3.22. The van der Waals surface area contributed by atoms with Gasteiger partial charge in [-0.3, -0.25) is 15.0 Å². The second-order valence-electron chi connectivity index (χ2n) is 10.6. The van der Waals surface area contributed by atoms with E-state index in [9.17, 15) is 14.4 Å². The molecule has 3 N–H and O–H groups in total. The number of carbonyl (C=O) groups excluding carboxylic acids is 3. The zero-order valence-electron chi connectivity index (χ0n) is 21.6. The summed E-state index contributed by atoms with van der Waals surface area (Å²) < 4.78 is 5.38. The zero-order valence-corrected chi connectivity index (χ0v) is 22.4. The van der Waals surface area contributed by atoms with Gasteiger partial charge in [-0.1, -0.05) is 42.8 Å². The zero-order chi connectivity index (χ0) is 26.4. The van der Waals surface area contributed by atoms with E-state index in [0.717, 1.165) is 18.4 Å². The Bertz CT molecular complexity index is 944. The molecule has 1 fully saturated rings. The van der Waals surface area contributed by atoms with Crippen molar-refractivity contribution in [3.63, 3.8) is 0 Å². The number of carbonyl (C=O) groups is 3. The summed E-state index contributed by atoms with van der Waals surface area (Å²) in [6, 6.07) is 6.41. The van der Waals surface area contributed by atoms with Gasteiger partial charge in [0.25, 0.3) is 5.91 Å². The third kappa shape index (κ3) is 8.54. The molecule has 1 aromatic carbocycles. The molecule has 0 radical (unpaired) electrons. The molecule has 3 amide bonds. The van der Waals surface area contributed by atoms with Crippen LogP contribution in [0.4, 0.5) is 4.79 Å². The second-order valence-corrected chi connectivity index (χ2v) is 11.0. The number of amides is 3. The van der Waals surface area contributed by atoms with Crippen LogP contribution in [0.15, 0.2) is 36.4 Å². The number of ether oxygens (including phenoxy) is 1. The van der Waals surface area contributed by atoms with E-state index in [1.807, 2.05) is 64.1 Å². The van der Waals surface area contributed by atoms with Gasteiger partial charge in [0, 0.05) is 23.9 Å². The molecule has 1 heterocycles. The smallest absolute Gasteiger partial charge is 0.339 e. The van der Waals surface area contributed by atoms with Crippen LogP contribution in [0.5, 0.6) is 0 Å². The molecule has 0 saturated carbocycles. The van der Waals surface area contributed by atoms with E-state index in [-0.39, 0.29) is 24.6 Å². The largest absolute Gasteiger partial charge is 0.465 e. The van der Waals surface area contributed by atoms with E-state index < -0.39 is 22.9 Å². The molecular weight excluding hydrogens is 468 g/mol. The molecule has 0 bridgehead atoms. The molecule has 1 aliphatic heterocycles. The minimum Gasteiger partial charge on any atom is -0.465 e. The van der Waals surface area contributed by atoms with Crippen molar-refractivity contribution in [2.75, 3.05) is 13.2 Å². The molecule has 2 rings (SSSR count). The average molecular weight is 507 g/mol. The van der Waals surface area contributed by atoms with E-state index in [2.05, 4.69) is 5.43 Å². The lowest BCUT2D eigenvalue weighted by molar-refractivity contribution is -0.143. The molecule has 0 spiro atoms. The van der Waals surface area contributed by atoms with Crippen molar-refractivity contribution < 1.29 is 19.1 Å². The normalized spacial score (nSPS) is 18.7. The van der Waals surface area contributed by atoms with Crippen molar-refractivity contribution in [2.45, 2.75) is 78.4 Å². The molecule has 9 heteroatoms. The summed E-state index contributed by atoms with van der Waals surface area (Å²) in [6.07, 6.45) is 6.27. The number of nitrogens with one attached hydrogen (secondary N) is 1. The van der Waals surface area contributed by atoms with Gasteiger partial charge in [-0.15, -0.1) is 0 Å². The van der Waals surface area contributed by atoms with Crippen molar-refractivity contribution in [3.05, 3.63) is 47.0 Å². The number of hydrogen-bond acceptors (Lipinski definition) is 5. The van der Waals surface area contributed by atoms with Crippen molar-refractivity contribution in [2.24, 2.45) is 11.1 Å². The minimum absolute atomic E-state index is 0.157.